The van der Waals surface area contributed by atoms with Gasteiger partial charge in [0.25, 0.3) is 0 Å². The van der Waals surface area contributed by atoms with Gasteiger partial charge in [-0.15, -0.1) is 0 Å². The van der Waals surface area contributed by atoms with Gasteiger partial charge in [-0.25, -0.2) is 0 Å². The van der Waals surface area contributed by atoms with Crippen molar-refractivity contribution in [3.8, 4) is 5.75 Å². The normalized spacial score (nSPS) is 15.0. The first-order valence-electron chi connectivity index (χ1n) is 6.34. The number of hydrogen-bond acceptors (Lipinski definition) is 2. The van der Waals surface area contributed by atoms with Crippen LogP contribution < -0.4 is 10.1 Å². The summed E-state index contributed by atoms with van der Waals surface area (Å²) in [5.41, 5.74) is 4.01. The largest absolute Gasteiger partial charge is 0.493 e. The third-order valence-corrected chi connectivity index (χ3v) is 3.00. The van der Waals surface area contributed by atoms with E-state index >= 15 is 0 Å². The van der Waals surface area contributed by atoms with Gasteiger partial charge < -0.3 is 10.1 Å². The van der Waals surface area contributed by atoms with Gasteiger partial charge in [-0.2, -0.15) is 0 Å². The predicted octanol–water partition coefficient (Wildman–Crippen LogP) is 3.24. The van der Waals surface area contributed by atoms with Crippen molar-refractivity contribution in [1.29, 1.82) is 0 Å². The van der Waals surface area contributed by atoms with Crippen molar-refractivity contribution in [2.24, 2.45) is 0 Å². The zero-order valence-corrected chi connectivity index (χ0v) is 10.9. The number of fused-ring (bicyclic) bond motifs is 1. The molecule has 1 unspecified atom stereocenters. The minimum absolute atomic E-state index is 0.316. The lowest BCUT2D eigenvalue weighted by molar-refractivity contribution is 0.357. The Kier molecular flexibility index (Phi) is 3.85. The molecule has 1 aliphatic heterocycles. The molecule has 17 heavy (non-hydrogen) atoms. The van der Waals surface area contributed by atoms with Crippen LogP contribution in [0.5, 0.6) is 5.75 Å². The Morgan fingerprint density at radius 2 is 2.29 bits per heavy atom. The summed E-state index contributed by atoms with van der Waals surface area (Å²) in [7, 11) is 0. The van der Waals surface area contributed by atoms with Crippen LogP contribution in [0, 0.1) is 0 Å². The molecule has 0 aliphatic carbocycles. The summed E-state index contributed by atoms with van der Waals surface area (Å²) in [6.45, 7) is 8.22. The highest BCUT2D eigenvalue weighted by atomic mass is 16.5. The standard InChI is InChI=1S/C15H21NO/c1-4-16-14(9-11(2)3)12-5-6-15-13(10-12)7-8-17-15/h5-6,9-10,14,16H,4,7-8H2,1-3H3. The van der Waals surface area contributed by atoms with Crippen LogP contribution in [0.25, 0.3) is 0 Å². The van der Waals surface area contributed by atoms with Gasteiger partial charge in [-0.3, -0.25) is 0 Å². The van der Waals surface area contributed by atoms with Gasteiger partial charge in [0.2, 0.25) is 0 Å². The van der Waals surface area contributed by atoms with Gasteiger partial charge in [0.05, 0.1) is 12.6 Å². The second kappa shape index (κ2) is 5.37. The summed E-state index contributed by atoms with van der Waals surface area (Å²) in [6, 6.07) is 6.85. The highest BCUT2D eigenvalue weighted by Gasteiger charge is 2.15. The minimum Gasteiger partial charge on any atom is -0.493 e. The Balaban J connectivity index is 2.26. The van der Waals surface area contributed by atoms with E-state index < -0.39 is 0 Å². The van der Waals surface area contributed by atoms with Crippen LogP contribution in [0.2, 0.25) is 0 Å². The fourth-order valence-electron chi connectivity index (χ4n) is 2.23. The molecule has 1 aromatic rings. The third kappa shape index (κ3) is 2.89. The van der Waals surface area contributed by atoms with E-state index in [0.29, 0.717) is 6.04 Å². The molecule has 2 nitrogen and oxygen atoms in total. The molecule has 0 radical (unpaired) electrons. The maximum atomic E-state index is 5.54. The number of allylic oxidation sites excluding steroid dienone is 1. The molecule has 0 fully saturated rings. The number of benzene rings is 1. The molecule has 2 heteroatoms. The molecular weight excluding hydrogens is 210 g/mol. The molecule has 1 heterocycles. The average Bonchev–Trinajstić information content (AvgIpc) is 2.74. The highest BCUT2D eigenvalue weighted by Crippen LogP contribution is 2.28. The van der Waals surface area contributed by atoms with E-state index in [-0.39, 0.29) is 0 Å². The van der Waals surface area contributed by atoms with E-state index in [4.69, 9.17) is 4.74 Å². The summed E-state index contributed by atoms with van der Waals surface area (Å²) in [5.74, 6) is 1.06. The molecular formula is C15H21NO. The SMILES string of the molecule is CCNC(C=C(C)C)c1ccc2c(c1)CCO2. The van der Waals surface area contributed by atoms with Crippen molar-refractivity contribution in [1.82, 2.24) is 5.32 Å². The number of likely N-dealkylation sites (N-methyl/N-ethyl adjacent to an activating group) is 1. The molecule has 0 bridgehead atoms. The Morgan fingerprint density at radius 3 is 3.00 bits per heavy atom. The molecule has 1 atom stereocenters. The number of nitrogens with one attached hydrogen (secondary N) is 1. The molecule has 0 aromatic heterocycles. The Hall–Kier alpha value is -1.28. The van der Waals surface area contributed by atoms with Gasteiger partial charge in [0.15, 0.2) is 0 Å². The molecule has 1 aliphatic rings. The maximum absolute atomic E-state index is 5.54. The summed E-state index contributed by atoms with van der Waals surface area (Å²) >= 11 is 0. The smallest absolute Gasteiger partial charge is 0.122 e. The third-order valence-electron chi connectivity index (χ3n) is 3.00. The summed E-state index contributed by atoms with van der Waals surface area (Å²) < 4.78 is 5.54. The van der Waals surface area contributed by atoms with Gasteiger partial charge in [0.1, 0.15) is 5.75 Å². The van der Waals surface area contributed by atoms with E-state index in [0.717, 1.165) is 25.3 Å². The average molecular weight is 231 g/mol. The quantitative estimate of drug-likeness (QED) is 0.803. The van der Waals surface area contributed by atoms with Crippen LogP contribution in [0.1, 0.15) is 37.9 Å². The van der Waals surface area contributed by atoms with Crippen molar-refractivity contribution in [2.75, 3.05) is 13.2 Å². The lowest BCUT2D eigenvalue weighted by Crippen LogP contribution is -2.19. The summed E-state index contributed by atoms with van der Waals surface area (Å²) in [6.07, 6.45) is 3.32. The summed E-state index contributed by atoms with van der Waals surface area (Å²) in [5, 5.41) is 3.50. The van der Waals surface area contributed by atoms with Gasteiger partial charge >= 0.3 is 0 Å². The van der Waals surface area contributed by atoms with Crippen LogP contribution in [-0.2, 0) is 6.42 Å². The van der Waals surface area contributed by atoms with Crippen molar-refractivity contribution < 1.29 is 4.74 Å². The first kappa shape index (κ1) is 12.2. The van der Waals surface area contributed by atoms with Crippen molar-refractivity contribution in [3.63, 3.8) is 0 Å². The van der Waals surface area contributed by atoms with E-state index in [1.807, 2.05) is 0 Å². The lowest BCUT2D eigenvalue weighted by Gasteiger charge is -2.16. The zero-order valence-electron chi connectivity index (χ0n) is 10.9. The molecule has 92 valence electrons. The second-order valence-corrected chi connectivity index (χ2v) is 4.74. The lowest BCUT2D eigenvalue weighted by atomic mass is 10.0. The second-order valence-electron chi connectivity index (χ2n) is 4.74. The van der Waals surface area contributed by atoms with Gasteiger partial charge in [-0.05, 0) is 37.6 Å². The van der Waals surface area contributed by atoms with Crippen molar-refractivity contribution in [2.45, 2.75) is 33.2 Å². The molecule has 0 amide bonds. The maximum Gasteiger partial charge on any atom is 0.122 e. The monoisotopic (exact) mass is 231 g/mol. The van der Waals surface area contributed by atoms with Gasteiger partial charge in [-0.1, -0.05) is 30.7 Å². The minimum atomic E-state index is 0.316. The fourth-order valence-corrected chi connectivity index (χ4v) is 2.23. The fraction of sp³-hybridized carbons (Fsp3) is 0.467. The van der Waals surface area contributed by atoms with E-state index in [9.17, 15) is 0 Å². The number of ether oxygens (including phenoxy) is 1. The van der Waals surface area contributed by atoms with Crippen molar-refractivity contribution >= 4 is 0 Å². The molecule has 0 spiro atoms. The van der Waals surface area contributed by atoms with E-state index in [2.05, 4.69) is 50.4 Å². The van der Waals surface area contributed by atoms with Crippen LogP contribution in [0.4, 0.5) is 0 Å². The number of hydrogen-bond donors (Lipinski definition) is 1. The van der Waals surface area contributed by atoms with Crippen molar-refractivity contribution in [3.05, 3.63) is 41.0 Å². The topological polar surface area (TPSA) is 21.3 Å². The Labute approximate surface area is 104 Å². The van der Waals surface area contributed by atoms with Crippen LogP contribution in [0.15, 0.2) is 29.8 Å². The molecule has 1 aromatic carbocycles. The molecule has 0 saturated carbocycles. The molecule has 2 rings (SSSR count). The van der Waals surface area contributed by atoms with Gasteiger partial charge in [0, 0.05) is 6.42 Å². The molecule has 0 saturated heterocycles. The first-order valence-corrected chi connectivity index (χ1v) is 6.34. The zero-order chi connectivity index (χ0) is 12.3. The van der Waals surface area contributed by atoms with E-state index in [1.165, 1.54) is 16.7 Å². The first-order chi connectivity index (χ1) is 8.20. The number of rotatable bonds is 4. The van der Waals surface area contributed by atoms with Crippen LogP contribution in [-0.4, -0.2) is 13.2 Å². The Morgan fingerprint density at radius 1 is 1.47 bits per heavy atom. The van der Waals surface area contributed by atoms with Crippen LogP contribution >= 0.6 is 0 Å². The Bertz CT molecular complexity index is 419. The van der Waals surface area contributed by atoms with E-state index in [1.54, 1.807) is 0 Å². The highest BCUT2D eigenvalue weighted by molar-refractivity contribution is 5.41. The molecule has 1 N–H and O–H groups in total. The summed E-state index contributed by atoms with van der Waals surface area (Å²) in [4.78, 5) is 0. The van der Waals surface area contributed by atoms with Crippen LogP contribution in [0.3, 0.4) is 0 Å². The predicted molar refractivity (Wildman–Crippen MR) is 71.5 cm³/mol.